The van der Waals surface area contributed by atoms with Crippen LogP contribution in [0.5, 0.6) is 17.2 Å². The molecule has 13 rings (SSSR count). The molecule has 7 aliphatic rings. The Labute approximate surface area is 715 Å². The van der Waals surface area contributed by atoms with Crippen molar-refractivity contribution in [2.24, 2.45) is 5.92 Å². The van der Waals surface area contributed by atoms with Crippen molar-refractivity contribution in [3.05, 3.63) is 213 Å². The van der Waals surface area contributed by atoms with Gasteiger partial charge in [-0.15, -0.1) is 0 Å². The van der Waals surface area contributed by atoms with Crippen LogP contribution in [0.15, 0.2) is 164 Å². The third-order valence-corrected chi connectivity index (χ3v) is 23.8. The normalized spacial score (nSPS) is 23.5. The van der Waals surface area contributed by atoms with Crippen LogP contribution in [-0.2, 0) is 62.4 Å². The van der Waals surface area contributed by atoms with Crippen molar-refractivity contribution in [2.45, 2.75) is 208 Å². The molecule has 24 nitrogen and oxygen atoms in total. The molecule has 6 aromatic carbocycles. The summed E-state index contributed by atoms with van der Waals surface area (Å²) in [6.45, 7) is 11.3. The van der Waals surface area contributed by atoms with Gasteiger partial charge >= 0.3 is 0 Å². The second-order valence-electron chi connectivity index (χ2n) is 32.9. The number of ether oxygens (including phenoxy) is 3. The van der Waals surface area contributed by atoms with Crippen LogP contribution in [-0.4, -0.2) is 165 Å². The zero-order valence-corrected chi connectivity index (χ0v) is 71.0. The van der Waals surface area contributed by atoms with E-state index < -0.39 is 58.3 Å². The Morgan fingerprint density at radius 1 is 0.383 bits per heavy atom. The molecule has 9 amide bonds. The molecule has 6 aromatic rings. The highest BCUT2D eigenvalue weighted by Crippen LogP contribution is 2.37. The van der Waals surface area contributed by atoms with Crippen molar-refractivity contribution < 1.29 is 57.4 Å². The van der Waals surface area contributed by atoms with Gasteiger partial charge < -0.3 is 67.4 Å². The summed E-state index contributed by atoms with van der Waals surface area (Å²) in [7, 11) is 0. The summed E-state index contributed by atoms with van der Waals surface area (Å²) >= 11 is 12.3. The highest BCUT2D eigenvalue weighted by molar-refractivity contribution is 6.31. The molecule has 3 heterocycles. The molecule has 4 fully saturated rings. The van der Waals surface area contributed by atoms with Crippen LogP contribution in [0.2, 0.25) is 10.0 Å². The van der Waals surface area contributed by atoms with Crippen LogP contribution in [0.4, 0.5) is 0 Å². The number of rotatable bonds is 8. The summed E-state index contributed by atoms with van der Waals surface area (Å²) in [6.07, 6.45) is 24.9. The molecule has 5 atom stereocenters. The molecule has 4 aliphatic carbocycles. The topological polar surface area (TPSA) is 326 Å². The van der Waals surface area contributed by atoms with E-state index in [1.807, 2.05) is 159 Å². The van der Waals surface area contributed by atoms with E-state index in [9.17, 15) is 43.2 Å². The molecular formula is C94H118Cl2N12O12. The van der Waals surface area contributed by atoms with E-state index in [4.69, 9.17) is 37.4 Å². The minimum atomic E-state index is -1.07. The third kappa shape index (κ3) is 25.6. The van der Waals surface area contributed by atoms with E-state index in [-0.39, 0.29) is 79.1 Å². The summed E-state index contributed by atoms with van der Waals surface area (Å²) in [5, 5.41) is 38.2. The lowest BCUT2D eigenvalue weighted by atomic mass is 9.90. The number of fused-ring (bicyclic) bond motifs is 3. The lowest BCUT2D eigenvalue weighted by Gasteiger charge is -2.36. The van der Waals surface area contributed by atoms with Crippen LogP contribution in [0, 0.1) is 12.8 Å². The molecule has 0 saturated heterocycles. The zero-order chi connectivity index (χ0) is 84.9. The van der Waals surface area contributed by atoms with E-state index in [2.05, 4.69) is 77.6 Å². The van der Waals surface area contributed by atoms with Gasteiger partial charge in [-0.25, -0.2) is 0 Å². The first kappa shape index (κ1) is 90.4. The van der Waals surface area contributed by atoms with Crippen molar-refractivity contribution in [1.29, 1.82) is 0 Å². The first-order valence-electron chi connectivity index (χ1n) is 42.7. The lowest BCUT2D eigenvalue weighted by Crippen LogP contribution is -2.66. The zero-order valence-electron chi connectivity index (χ0n) is 69.4. The fraction of sp³-hybridized carbons (Fsp3) is 0.457. The van der Waals surface area contributed by atoms with Gasteiger partial charge in [0.1, 0.15) is 72.3 Å². The summed E-state index contributed by atoms with van der Waals surface area (Å²) in [5.74, 6) is -0.0354. The number of hydrogen-bond acceptors (Lipinski definition) is 15. The molecule has 26 heteroatoms. The Hall–Kier alpha value is -10.4. The first-order chi connectivity index (χ1) is 58.0. The number of para-hydroxylation sites is 3. The van der Waals surface area contributed by atoms with E-state index in [1.165, 1.54) is 0 Å². The smallest absolute Gasteiger partial charge is 0.246 e. The molecule has 120 heavy (non-hydrogen) atoms. The lowest BCUT2D eigenvalue weighted by molar-refractivity contribution is -0.138. The first-order valence-corrected chi connectivity index (χ1v) is 43.4. The third-order valence-electron chi connectivity index (χ3n) is 23.3. The van der Waals surface area contributed by atoms with E-state index in [0.717, 1.165) is 108 Å². The Bertz CT molecular complexity index is 4600. The average Bonchev–Trinajstić information content (AvgIpc) is 1.61. The van der Waals surface area contributed by atoms with Gasteiger partial charge in [0.2, 0.25) is 53.2 Å². The second kappa shape index (κ2) is 44.3. The van der Waals surface area contributed by atoms with Crippen LogP contribution in [0.25, 0.3) is 18.2 Å². The second-order valence-corrected chi connectivity index (χ2v) is 33.7. The van der Waals surface area contributed by atoms with Crippen molar-refractivity contribution >= 4 is 94.6 Å². The van der Waals surface area contributed by atoms with Gasteiger partial charge in [-0.3, -0.25) is 53.8 Å². The quantitative estimate of drug-likeness (QED) is 0.0674. The van der Waals surface area contributed by atoms with Gasteiger partial charge in [0.15, 0.2) is 0 Å². The number of amides is 9. The molecule has 0 radical (unpaired) electrons. The molecule has 0 bridgehead atoms. The number of carbonyl (C=O) groups is 9. The molecular weight excluding hydrogens is 1560 g/mol. The summed E-state index contributed by atoms with van der Waals surface area (Å²) < 4.78 is 18.2. The highest BCUT2D eigenvalue weighted by Gasteiger charge is 2.50. The number of benzene rings is 6. The highest BCUT2D eigenvalue weighted by atomic mass is 35.5. The van der Waals surface area contributed by atoms with Crippen molar-refractivity contribution in [3.8, 4) is 17.2 Å². The number of nitrogens with one attached hydrogen (secondary N) is 12. The summed E-state index contributed by atoms with van der Waals surface area (Å²) in [5.41, 5.74) is 2.79. The van der Waals surface area contributed by atoms with Crippen LogP contribution in [0.3, 0.4) is 0 Å². The van der Waals surface area contributed by atoms with Gasteiger partial charge in [-0.05, 0) is 137 Å². The Morgan fingerprint density at radius 2 is 0.750 bits per heavy atom. The summed E-state index contributed by atoms with van der Waals surface area (Å²) in [6, 6.07) is 41.7. The number of hydrogen-bond donors (Lipinski definition) is 12. The fourth-order valence-electron chi connectivity index (χ4n) is 16.9. The molecule has 4 spiro atoms. The fourth-order valence-corrected chi connectivity index (χ4v) is 17.3. The molecule has 0 unspecified atom stereocenters. The molecule has 12 N–H and O–H groups in total. The van der Waals surface area contributed by atoms with Gasteiger partial charge in [-0.2, -0.15) is 0 Å². The Morgan fingerprint density at radius 3 is 1.17 bits per heavy atom. The van der Waals surface area contributed by atoms with Gasteiger partial charge in [0, 0.05) is 85.3 Å². The number of aryl methyl sites for hydroxylation is 1. The number of halogens is 2. The Balaban J connectivity index is 0.000000176. The molecule has 3 aliphatic heterocycles. The van der Waals surface area contributed by atoms with Crippen molar-refractivity contribution in [3.63, 3.8) is 0 Å². The molecule has 0 aromatic heterocycles. The average molecular weight is 1680 g/mol. The van der Waals surface area contributed by atoms with Gasteiger partial charge in [0.25, 0.3) is 0 Å². The maximum Gasteiger partial charge on any atom is 0.246 e. The molecule has 640 valence electrons. The Kier molecular flexibility index (Phi) is 33.3. The summed E-state index contributed by atoms with van der Waals surface area (Å²) in [4.78, 5) is 122. The van der Waals surface area contributed by atoms with E-state index in [1.54, 1.807) is 37.3 Å². The predicted octanol–water partition coefficient (Wildman–Crippen LogP) is 10.6. The SMILES string of the molecule is CC(C)C[C@@H]1NCCOc2ccccc2/C=C/CNC(=O)[C@H](Cc2cccc(Cl)c2)NC(=O)C2(CCCC2)NC1=O.C[C@H]1NC(=O)C2(CCCC2)NCCOc2ccccc2/C=C/CNC(=O)[C@@H](Cc2cccc(Cl)c2)NC1=O.Cc1cccc(C[C@@H]2NC(=O)C3(CCCC3)NC(=O)C3(CCCC3)NCCOc3ccccc3/C=C/CNC2=O)c1. The maximum absolute atomic E-state index is 14.0. The van der Waals surface area contributed by atoms with Crippen LogP contribution >= 0.6 is 23.2 Å². The van der Waals surface area contributed by atoms with Gasteiger partial charge in [0.05, 0.1) is 17.1 Å². The predicted molar refractivity (Wildman–Crippen MR) is 469 cm³/mol. The number of carbonyl (C=O) groups excluding carboxylic acids is 9. The van der Waals surface area contributed by atoms with E-state index >= 15 is 0 Å². The largest absolute Gasteiger partial charge is 0.492 e. The van der Waals surface area contributed by atoms with Crippen LogP contribution in [0.1, 0.15) is 169 Å². The molecule has 4 saturated carbocycles. The van der Waals surface area contributed by atoms with Gasteiger partial charge in [-0.1, -0.05) is 234 Å². The minimum absolute atomic E-state index is 0.129. The monoisotopic (exact) mass is 1680 g/mol. The van der Waals surface area contributed by atoms with Crippen molar-refractivity contribution in [1.82, 2.24) is 63.8 Å². The van der Waals surface area contributed by atoms with E-state index in [0.29, 0.717) is 120 Å². The maximum atomic E-state index is 14.0. The van der Waals surface area contributed by atoms with Crippen molar-refractivity contribution in [2.75, 3.05) is 59.1 Å². The minimum Gasteiger partial charge on any atom is -0.492 e. The van der Waals surface area contributed by atoms with Crippen LogP contribution < -0.4 is 78.0 Å². The standard InChI is InChI=1S/C33H42N4O4.C32H41ClN4O4.C29H35ClN4O4/c1-24-10-8-11-25(22-24)23-27-29(38)34-19-9-13-26-12-2-3-14-28(26)41-21-20-35-32(15-4-5-16-32)31(40)37-33(30(39)36-27)17-6-7-18-33;1-22(2)19-26-30(39)37-32(14-5-6-15-32)31(40)36-27(21-23-9-7-12-25(33)20-23)29(38)35-16-8-11-24-10-3-4-13-28(24)41-18-17-34-26;1-20-26(35)34-24(19-21-8-6-11-23(30)18-21)27(36)31-15-7-10-22-9-2-3-12-25(22)38-17-16-32-29(28(37)33-20)13-4-5-14-29/h2-3,8-14,22,27,35H,4-7,15-21,23H2,1H3,(H,34,38)(H,36,39)(H,37,40);3-4,7-13,20,22,26-27,34H,5-6,14-19,21H2,1-2H3,(H,35,38)(H,36,40)(H,37,39);2-3,6-12,18,20,24,32H,4-5,13-17,19H2,1H3,(H,31,36)(H,33,37)(H,34,35)/b13-9+;11-8+;10-7+/t27-;26-,27-;20-,24-/m001/s1.